The zero-order valence-corrected chi connectivity index (χ0v) is 9.61. The monoisotopic (exact) mass is 269 g/mol. The highest BCUT2D eigenvalue weighted by Gasteiger charge is 2.34. The second kappa shape index (κ2) is 4.82. The smallest absolute Gasteiger partial charge is 0.324 e. The number of halogens is 5. The van der Waals surface area contributed by atoms with E-state index in [1.54, 1.807) is 0 Å². The van der Waals surface area contributed by atoms with Crippen LogP contribution in [0.3, 0.4) is 0 Å². The molecule has 0 saturated heterocycles. The first-order valence-electron chi connectivity index (χ1n) is 5.02. The summed E-state index contributed by atoms with van der Waals surface area (Å²) < 4.78 is 50.3. The van der Waals surface area contributed by atoms with Crippen molar-refractivity contribution in [2.75, 3.05) is 0 Å². The molecule has 2 N–H and O–H groups in total. The van der Waals surface area contributed by atoms with Crippen molar-refractivity contribution in [3.05, 3.63) is 35.1 Å². The average molecular weight is 270 g/mol. The molecule has 6 heteroatoms. The van der Waals surface area contributed by atoms with Gasteiger partial charge in [-0.25, -0.2) is 4.39 Å². The van der Waals surface area contributed by atoms with Crippen LogP contribution in [0, 0.1) is 11.7 Å². The van der Waals surface area contributed by atoms with Crippen LogP contribution in [0.1, 0.15) is 30.0 Å². The van der Waals surface area contributed by atoms with Crippen LogP contribution in [-0.2, 0) is 6.18 Å². The molecular weight excluding hydrogens is 258 g/mol. The molecule has 1 aromatic rings. The van der Waals surface area contributed by atoms with Crippen molar-refractivity contribution >= 4 is 12.4 Å². The standard InChI is InChI=1S/C11H11F4N.ClH/c12-9-5-7(11(13,14)15)3-4-8(9)10(16)6-1-2-6;/h3-6,10H,1-2,16H2;1H/t10-;/m0./s1. The highest BCUT2D eigenvalue weighted by atomic mass is 35.5. The number of nitrogens with two attached hydrogens (primary N) is 1. The predicted molar refractivity (Wildman–Crippen MR) is 58.3 cm³/mol. The van der Waals surface area contributed by atoms with Gasteiger partial charge in [0.05, 0.1) is 5.56 Å². The van der Waals surface area contributed by atoms with Crippen LogP contribution in [0.4, 0.5) is 17.6 Å². The summed E-state index contributed by atoms with van der Waals surface area (Å²) in [7, 11) is 0. The largest absolute Gasteiger partial charge is 0.416 e. The second-order valence-electron chi connectivity index (χ2n) is 4.10. The third kappa shape index (κ3) is 3.10. The van der Waals surface area contributed by atoms with Crippen LogP contribution >= 0.6 is 12.4 Å². The van der Waals surface area contributed by atoms with Gasteiger partial charge in [-0.1, -0.05) is 6.07 Å². The van der Waals surface area contributed by atoms with Crippen molar-refractivity contribution in [3.8, 4) is 0 Å². The summed E-state index contributed by atoms with van der Waals surface area (Å²) in [6, 6.07) is 2.04. The molecule has 1 fully saturated rings. The number of hydrogen-bond acceptors (Lipinski definition) is 1. The fourth-order valence-corrected chi connectivity index (χ4v) is 1.68. The molecule has 0 aliphatic heterocycles. The first kappa shape index (κ1) is 14.3. The minimum absolute atomic E-state index is 0. The molecule has 1 aliphatic rings. The summed E-state index contributed by atoms with van der Waals surface area (Å²) in [6.45, 7) is 0. The van der Waals surface area contributed by atoms with E-state index < -0.39 is 23.6 Å². The van der Waals surface area contributed by atoms with Gasteiger partial charge in [-0.3, -0.25) is 0 Å². The van der Waals surface area contributed by atoms with Gasteiger partial charge in [0, 0.05) is 11.6 Å². The van der Waals surface area contributed by atoms with Gasteiger partial charge in [0.15, 0.2) is 0 Å². The topological polar surface area (TPSA) is 26.0 Å². The van der Waals surface area contributed by atoms with E-state index in [9.17, 15) is 17.6 Å². The average Bonchev–Trinajstić information content (AvgIpc) is 2.98. The Morgan fingerprint density at radius 3 is 2.24 bits per heavy atom. The molecule has 0 bridgehead atoms. The summed E-state index contributed by atoms with van der Waals surface area (Å²) in [5.41, 5.74) is 4.94. The Kier molecular flexibility index (Phi) is 4.04. The van der Waals surface area contributed by atoms with Crippen LogP contribution in [0.25, 0.3) is 0 Å². The van der Waals surface area contributed by atoms with E-state index in [0.717, 1.165) is 25.0 Å². The van der Waals surface area contributed by atoms with Gasteiger partial charge in [0.1, 0.15) is 5.82 Å². The van der Waals surface area contributed by atoms with Gasteiger partial charge < -0.3 is 5.73 Å². The first-order valence-corrected chi connectivity index (χ1v) is 5.02. The Morgan fingerprint density at radius 1 is 1.24 bits per heavy atom. The fraction of sp³-hybridized carbons (Fsp3) is 0.455. The predicted octanol–water partition coefficient (Wildman–Crippen LogP) is 3.68. The van der Waals surface area contributed by atoms with Crippen LogP contribution in [0.5, 0.6) is 0 Å². The minimum atomic E-state index is -4.51. The molecule has 1 nitrogen and oxygen atoms in total. The Morgan fingerprint density at radius 2 is 1.82 bits per heavy atom. The Labute approximate surface area is 102 Å². The van der Waals surface area contributed by atoms with Crippen LogP contribution in [-0.4, -0.2) is 0 Å². The molecule has 2 rings (SSSR count). The van der Waals surface area contributed by atoms with Crippen molar-refractivity contribution in [1.29, 1.82) is 0 Å². The van der Waals surface area contributed by atoms with E-state index in [1.807, 2.05) is 0 Å². The Hall–Kier alpha value is -0.810. The lowest BCUT2D eigenvalue weighted by Gasteiger charge is -2.13. The van der Waals surface area contributed by atoms with Crippen molar-refractivity contribution in [2.24, 2.45) is 11.7 Å². The Bertz CT molecular complexity index is 401. The summed E-state index contributed by atoms with van der Waals surface area (Å²) in [5, 5.41) is 0. The summed E-state index contributed by atoms with van der Waals surface area (Å²) in [5.74, 6) is -0.652. The number of rotatable bonds is 2. The SMILES string of the molecule is Cl.N[C@H](c1ccc(C(F)(F)F)cc1F)C1CC1. The highest BCUT2D eigenvalue weighted by Crippen LogP contribution is 2.41. The zero-order chi connectivity index (χ0) is 11.9. The molecule has 0 heterocycles. The van der Waals surface area contributed by atoms with Gasteiger partial charge in [0.25, 0.3) is 0 Å². The van der Waals surface area contributed by atoms with E-state index in [0.29, 0.717) is 6.07 Å². The van der Waals surface area contributed by atoms with Crippen molar-refractivity contribution < 1.29 is 17.6 Å². The third-order valence-corrected chi connectivity index (χ3v) is 2.82. The van der Waals surface area contributed by atoms with E-state index in [4.69, 9.17) is 5.73 Å². The van der Waals surface area contributed by atoms with E-state index in [2.05, 4.69) is 0 Å². The van der Waals surface area contributed by atoms with E-state index >= 15 is 0 Å². The van der Waals surface area contributed by atoms with Crippen molar-refractivity contribution in [3.63, 3.8) is 0 Å². The fourth-order valence-electron chi connectivity index (χ4n) is 1.68. The first-order chi connectivity index (χ1) is 7.39. The highest BCUT2D eigenvalue weighted by molar-refractivity contribution is 5.85. The summed E-state index contributed by atoms with van der Waals surface area (Å²) in [4.78, 5) is 0. The molecule has 0 radical (unpaired) electrons. The molecular formula is C11H12ClF4N. The van der Waals surface area contributed by atoms with Crippen molar-refractivity contribution in [1.82, 2.24) is 0 Å². The molecule has 1 aliphatic carbocycles. The normalized spacial score (nSPS) is 17.5. The number of hydrogen-bond donors (Lipinski definition) is 1. The second-order valence-corrected chi connectivity index (χ2v) is 4.10. The third-order valence-electron chi connectivity index (χ3n) is 2.82. The maximum absolute atomic E-state index is 13.4. The number of alkyl halides is 3. The molecule has 0 spiro atoms. The molecule has 1 atom stereocenters. The quantitative estimate of drug-likeness (QED) is 0.815. The molecule has 17 heavy (non-hydrogen) atoms. The van der Waals surface area contributed by atoms with Crippen LogP contribution in [0.15, 0.2) is 18.2 Å². The van der Waals surface area contributed by atoms with Gasteiger partial charge in [-0.2, -0.15) is 13.2 Å². The number of benzene rings is 1. The van der Waals surface area contributed by atoms with Crippen LogP contribution < -0.4 is 5.73 Å². The lowest BCUT2D eigenvalue weighted by atomic mass is 10.0. The maximum Gasteiger partial charge on any atom is 0.416 e. The van der Waals surface area contributed by atoms with Gasteiger partial charge in [0.2, 0.25) is 0 Å². The zero-order valence-electron chi connectivity index (χ0n) is 8.80. The maximum atomic E-state index is 13.4. The van der Waals surface area contributed by atoms with Crippen molar-refractivity contribution in [2.45, 2.75) is 25.1 Å². The van der Waals surface area contributed by atoms with Gasteiger partial charge >= 0.3 is 6.18 Å². The van der Waals surface area contributed by atoms with E-state index in [1.165, 1.54) is 0 Å². The van der Waals surface area contributed by atoms with Crippen LogP contribution in [0.2, 0.25) is 0 Å². The lowest BCUT2D eigenvalue weighted by molar-refractivity contribution is -0.137. The summed E-state index contributed by atoms with van der Waals surface area (Å²) >= 11 is 0. The molecule has 0 amide bonds. The van der Waals surface area contributed by atoms with E-state index in [-0.39, 0.29) is 23.9 Å². The molecule has 1 aromatic carbocycles. The summed E-state index contributed by atoms with van der Waals surface area (Å²) in [6.07, 6.45) is -2.67. The van der Waals surface area contributed by atoms with Gasteiger partial charge in [-0.15, -0.1) is 12.4 Å². The minimum Gasteiger partial charge on any atom is -0.324 e. The molecule has 1 saturated carbocycles. The van der Waals surface area contributed by atoms with Gasteiger partial charge in [-0.05, 0) is 30.9 Å². The molecule has 96 valence electrons. The molecule has 0 aromatic heterocycles. The molecule has 0 unspecified atom stereocenters. The Balaban J connectivity index is 0.00000144. The lowest BCUT2D eigenvalue weighted by Crippen LogP contribution is -2.15.